The van der Waals surface area contributed by atoms with Gasteiger partial charge >= 0.3 is 0 Å². The molecule has 0 spiro atoms. The van der Waals surface area contributed by atoms with Crippen molar-refractivity contribution < 1.29 is 14.3 Å². The van der Waals surface area contributed by atoms with E-state index in [0.717, 1.165) is 22.8 Å². The molecule has 0 aliphatic rings. The van der Waals surface area contributed by atoms with Gasteiger partial charge in [0.15, 0.2) is 12.6 Å². The molecule has 0 saturated heterocycles. The fourth-order valence-electron chi connectivity index (χ4n) is 2.82. The molecule has 0 atom stereocenters. The second-order valence-electron chi connectivity index (χ2n) is 6.83. The summed E-state index contributed by atoms with van der Waals surface area (Å²) in [6.45, 7) is 6.37. The molecule has 0 heterocycles. The molecule has 0 saturated carbocycles. The van der Waals surface area contributed by atoms with Gasteiger partial charge in [0.25, 0.3) is 5.91 Å². The van der Waals surface area contributed by atoms with Gasteiger partial charge in [0, 0.05) is 27.2 Å². The summed E-state index contributed by atoms with van der Waals surface area (Å²) in [6, 6.07) is 15.7. The smallest absolute Gasteiger partial charge is 0.257 e. The van der Waals surface area contributed by atoms with Gasteiger partial charge in [-0.25, -0.2) is 0 Å². The van der Waals surface area contributed by atoms with Gasteiger partial charge in [-0.3, -0.25) is 9.79 Å². The second-order valence-corrected chi connectivity index (χ2v) is 6.83. The van der Waals surface area contributed by atoms with Crippen molar-refractivity contribution in [2.24, 2.45) is 4.99 Å². The number of benzene rings is 2. The lowest BCUT2D eigenvalue weighted by atomic mass is 10.2. The zero-order chi connectivity index (χ0) is 21.8. The van der Waals surface area contributed by atoms with E-state index in [4.69, 9.17) is 9.47 Å². The van der Waals surface area contributed by atoms with Crippen molar-refractivity contribution >= 4 is 11.9 Å². The number of nitrogens with zero attached hydrogens (tertiary/aromatic N) is 2. The summed E-state index contributed by atoms with van der Waals surface area (Å²) in [4.78, 5) is 17.9. The highest BCUT2D eigenvalue weighted by atomic mass is 16.5. The molecular formula is C23H32N4O3. The topological polar surface area (TPSA) is 75.2 Å². The molecule has 0 fully saturated rings. The van der Waals surface area contributed by atoms with Crippen molar-refractivity contribution in [1.29, 1.82) is 0 Å². The number of carbonyl (C=O) groups excluding carboxylic acids is 1. The summed E-state index contributed by atoms with van der Waals surface area (Å²) in [7, 11) is 3.73. The van der Waals surface area contributed by atoms with Crippen LogP contribution in [0.15, 0.2) is 53.5 Å². The first kappa shape index (κ1) is 23.1. The Morgan fingerprint density at radius 2 is 1.90 bits per heavy atom. The van der Waals surface area contributed by atoms with Crippen LogP contribution in [0.4, 0.5) is 0 Å². The standard InChI is InChI=1S/C23H32N4O3/c1-5-25-22(28)17-30-20-11-8-10-19(15-20)16-26-23(24-3)27(4)13-14-29-21-12-7-6-9-18(21)2/h6-12,15H,5,13-14,16-17H2,1-4H3,(H,24,26)(H,25,28). The largest absolute Gasteiger partial charge is 0.491 e. The minimum absolute atomic E-state index is 0.00994. The van der Waals surface area contributed by atoms with Gasteiger partial charge in [0.2, 0.25) is 0 Å². The molecule has 0 aliphatic heterocycles. The molecule has 0 aliphatic carbocycles. The summed E-state index contributed by atoms with van der Waals surface area (Å²) < 4.78 is 11.4. The Balaban J connectivity index is 1.80. The number of carbonyl (C=O) groups is 1. The summed E-state index contributed by atoms with van der Waals surface area (Å²) in [5, 5.41) is 6.06. The molecule has 7 nitrogen and oxygen atoms in total. The Morgan fingerprint density at radius 1 is 1.10 bits per heavy atom. The summed E-state index contributed by atoms with van der Waals surface area (Å²) >= 11 is 0. The SMILES string of the molecule is CCNC(=O)COc1cccc(CNC(=NC)N(C)CCOc2ccccc2C)c1. The van der Waals surface area contributed by atoms with Crippen LogP contribution in [0.5, 0.6) is 11.5 Å². The van der Waals surface area contributed by atoms with Gasteiger partial charge in [0.1, 0.15) is 18.1 Å². The third kappa shape index (κ3) is 7.66. The molecule has 30 heavy (non-hydrogen) atoms. The number of likely N-dealkylation sites (N-methyl/N-ethyl adjacent to an activating group) is 2. The Bertz CT molecular complexity index is 839. The van der Waals surface area contributed by atoms with Gasteiger partial charge in [-0.05, 0) is 43.2 Å². The van der Waals surface area contributed by atoms with Crippen molar-refractivity contribution in [3.63, 3.8) is 0 Å². The number of hydrogen-bond donors (Lipinski definition) is 2. The maximum Gasteiger partial charge on any atom is 0.257 e. The lowest BCUT2D eigenvalue weighted by Crippen LogP contribution is -2.40. The number of ether oxygens (including phenoxy) is 2. The van der Waals surface area contributed by atoms with E-state index in [1.165, 1.54) is 0 Å². The Morgan fingerprint density at radius 3 is 2.63 bits per heavy atom. The summed E-state index contributed by atoms with van der Waals surface area (Å²) in [5.41, 5.74) is 2.16. The van der Waals surface area contributed by atoms with Crippen LogP contribution in [-0.2, 0) is 11.3 Å². The van der Waals surface area contributed by atoms with Crippen LogP contribution in [0.1, 0.15) is 18.1 Å². The molecule has 1 amide bonds. The van der Waals surface area contributed by atoms with Gasteiger partial charge in [-0.1, -0.05) is 30.3 Å². The first-order valence-corrected chi connectivity index (χ1v) is 10.1. The monoisotopic (exact) mass is 412 g/mol. The first-order valence-electron chi connectivity index (χ1n) is 10.1. The van der Waals surface area contributed by atoms with E-state index in [2.05, 4.69) is 15.6 Å². The van der Waals surface area contributed by atoms with Crippen molar-refractivity contribution in [2.75, 3.05) is 40.4 Å². The van der Waals surface area contributed by atoms with Crippen LogP contribution in [0.3, 0.4) is 0 Å². The van der Waals surface area contributed by atoms with E-state index in [9.17, 15) is 4.79 Å². The average molecular weight is 413 g/mol. The maximum atomic E-state index is 11.5. The molecule has 2 aromatic rings. The maximum absolute atomic E-state index is 11.5. The zero-order valence-electron chi connectivity index (χ0n) is 18.3. The van der Waals surface area contributed by atoms with Crippen LogP contribution in [0, 0.1) is 6.92 Å². The summed E-state index contributed by atoms with van der Waals surface area (Å²) in [5.74, 6) is 2.21. The third-order valence-corrected chi connectivity index (χ3v) is 4.44. The highest BCUT2D eigenvalue weighted by molar-refractivity contribution is 5.79. The number of para-hydroxylation sites is 1. The molecule has 0 bridgehead atoms. The predicted molar refractivity (Wildman–Crippen MR) is 120 cm³/mol. The van der Waals surface area contributed by atoms with Crippen molar-refractivity contribution in [3.8, 4) is 11.5 Å². The highest BCUT2D eigenvalue weighted by Gasteiger charge is 2.07. The minimum Gasteiger partial charge on any atom is -0.491 e. The second kappa shape index (κ2) is 12.4. The van der Waals surface area contributed by atoms with Gasteiger partial charge in [-0.2, -0.15) is 0 Å². The zero-order valence-corrected chi connectivity index (χ0v) is 18.3. The molecule has 162 valence electrons. The molecule has 2 rings (SSSR count). The van der Waals surface area contributed by atoms with E-state index in [0.29, 0.717) is 32.0 Å². The first-order chi connectivity index (χ1) is 14.5. The van der Waals surface area contributed by atoms with Gasteiger partial charge in [0.05, 0.1) is 6.54 Å². The van der Waals surface area contributed by atoms with E-state index in [1.807, 2.05) is 74.3 Å². The van der Waals surface area contributed by atoms with Crippen molar-refractivity contribution in [1.82, 2.24) is 15.5 Å². The molecule has 7 heteroatoms. The van der Waals surface area contributed by atoms with Crippen LogP contribution in [0.2, 0.25) is 0 Å². The number of hydrogen-bond acceptors (Lipinski definition) is 4. The molecule has 0 unspecified atom stereocenters. The number of nitrogens with one attached hydrogen (secondary N) is 2. The van der Waals surface area contributed by atoms with Gasteiger partial charge < -0.3 is 25.0 Å². The van der Waals surface area contributed by atoms with E-state index >= 15 is 0 Å². The summed E-state index contributed by atoms with van der Waals surface area (Å²) in [6.07, 6.45) is 0. The van der Waals surface area contributed by atoms with E-state index in [-0.39, 0.29) is 12.5 Å². The van der Waals surface area contributed by atoms with Gasteiger partial charge in [-0.15, -0.1) is 0 Å². The number of aryl methyl sites for hydroxylation is 1. The molecule has 0 aromatic heterocycles. The average Bonchev–Trinajstić information content (AvgIpc) is 2.74. The molecular weight excluding hydrogens is 380 g/mol. The molecule has 0 radical (unpaired) electrons. The van der Waals surface area contributed by atoms with Crippen molar-refractivity contribution in [3.05, 3.63) is 59.7 Å². The fourth-order valence-corrected chi connectivity index (χ4v) is 2.82. The fraction of sp³-hybridized carbons (Fsp3) is 0.391. The lowest BCUT2D eigenvalue weighted by molar-refractivity contribution is -0.122. The Labute approximate surface area is 179 Å². The Hall–Kier alpha value is -3.22. The quantitative estimate of drug-likeness (QED) is 0.463. The normalized spacial score (nSPS) is 11.0. The van der Waals surface area contributed by atoms with Crippen LogP contribution >= 0.6 is 0 Å². The lowest BCUT2D eigenvalue weighted by Gasteiger charge is -2.22. The molecule has 2 aromatic carbocycles. The third-order valence-electron chi connectivity index (χ3n) is 4.44. The highest BCUT2D eigenvalue weighted by Crippen LogP contribution is 2.16. The van der Waals surface area contributed by atoms with E-state index < -0.39 is 0 Å². The Kier molecular flexibility index (Phi) is 9.51. The van der Waals surface area contributed by atoms with E-state index in [1.54, 1.807) is 7.05 Å². The number of amides is 1. The predicted octanol–water partition coefficient (Wildman–Crippen LogP) is 2.60. The number of guanidine groups is 1. The molecule has 2 N–H and O–H groups in total. The van der Waals surface area contributed by atoms with Crippen LogP contribution < -0.4 is 20.1 Å². The van der Waals surface area contributed by atoms with Crippen LogP contribution in [0.25, 0.3) is 0 Å². The number of rotatable bonds is 10. The van der Waals surface area contributed by atoms with Crippen LogP contribution in [-0.4, -0.2) is 57.2 Å². The minimum atomic E-state index is -0.129. The van der Waals surface area contributed by atoms with Crippen molar-refractivity contribution in [2.45, 2.75) is 20.4 Å². The number of aliphatic imine (C=N–C) groups is 1.